The third-order valence-corrected chi connectivity index (χ3v) is 5.62. The molecule has 1 aromatic heterocycles. The van der Waals surface area contributed by atoms with Gasteiger partial charge in [0.15, 0.2) is 6.23 Å². The standard InChI is InChI=1S/C10H17N3O11P2/c1-10(16)7(14)5(4-22-26(20,21)24-25(17,18)19)23-8(10)13-3-2-6(11)12-9(13)15/h2-3,5,7-8,14,16H,4H2,1H3,(H,20,21)(H2,11,12,15)(H2,17,18,19). The van der Waals surface area contributed by atoms with E-state index in [2.05, 4.69) is 13.8 Å². The summed E-state index contributed by atoms with van der Waals surface area (Å²) in [5.41, 5.74) is 2.43. The number of anilines is 1. The van der Waals surface area contributed by atoms with E-state index in [1.165, 1.54) is 6.07 Å². The van der Waals surface area contributed by atoms with E-state index in [4.69, 9.17) is 20.3 Å². The van der Waals surface area contributed by atoms with Crippen molar-refractivity contribution in [2.24, 2.45) is 0 Å². The number of aliphatic hydroxyl groups is 2. The smallest absolute Gasteiger partial charge is 0.387 e. The van der Waals surface area contributed by atoms with Gasteiger partial charge in [-0.2, -0.15) is 9.29 Å². The zero-order chi connectivity index (χ0) is 19.9. The largest absolute Gasteiger partial charge is 0.481 e. The maximum atomic E-state index is 11.9. The highest BCUT2D eigenvalue weighted by Crippen LogP contribution is 2.57. The van der Waals surface area contributed by atoms with E-state index in [9.17, 15) is 29.0 Å². The lowest BCUT2D eigenvalue weighted by Crippen LogP contribution is -2.46. The second kappa shape index (κ2) is 7.09. The van der Waals surface area contributed by atoms with Gasteiger partial charge in [0.2, 0.25) is 0 Å². The molecule has 2 heterocycles. The molecule has 0 saturated carbocycles. The fraction of sp³-hybridized carbons (Fsp3) is 0.600. The van der Waals surface area contributed by atoms with Crippen LogP contribution in [0.1, 0.15) is 13.2 Å². The molecule has 1 aromatic rings. The molecule has 1 aliphatic rings. The van der Waals surface area contributed by atoms with Crippen molar-refractivity contribution in [2.45, 2.75) is 31.0 Å². The number of phosphoric acid groups is 2. The Bertz CT molecular complexity index is 821. The van der Waals surface area contributed by atoms with Crippen LogP contribution < -0.4 is 11.4 Å². The first-order chi connectivity index (χ1) is 11.7. The molecule has 0 spiro atoms. The Morgan fingerprint density at radius 2 is 2.04 bits per heavy atom. The molecule has 0 aliphatic carbocycles. The molecule has 0 bridgehead atoms. The van der Waals surface area contributed by atoms with Gasteiger partial charge in [-0.05, 0) is 13.0 Å². The normalized spacial score (nSPS) is 31.7. The summed E-state index contributed by atoms with van der Waals surface area (Å²) in [6, 6.07) is 1.24. The molecule has 0 aromatic carbocycles. The Balaban J connectivity index is 2.17. The maximum absolute atomic E-state index is 11.9. The predicted octanol–water partition coefficient (Wildman–Crippen LogP) is -1.94. The quantitative estimate of drug-likeness (QED) is 0.277. The molecule has 5 unspecified atom stereocenters. The fourth-order valence-corrected chi connectivity index (χ4v) is 3.91. The Hall–Kier alpha value is -1.18. The van der Waals surface area contributed by atoms with E-state index in [0.717, 1.165) is 17.7 Å². The number of aliphatic hydroxyl groups excluding tert-OH is 1. The summed E-state index contributed by atoms with van der Waals surface area (Å²) in [4.78, 5) is 41.6. The number of nitrogen functional groups attached to an aromatic ring is 1. The van der Waals surface area contributed by atoms with E-state index in [-0.39, 0.29) is 5.82 Å². The van der Waals surface area contributed by atoms with Gasteiger partial charge < -0.3 is 35.4 Å². The van der Waals surface area contributed by atoms with Crippen molar-refractivity contribution >= 4 is 21.5 Å². The zero-order valence-electron chi connectivity index (χ0n) is 13.1. The molecule has 0 amide bonds. The molecule has 2 rings (SSSR count). The van der Waals surface area contributed by atoms with Gasteiger partial charge in [-0.3, -0.25) is 9.09 Å². The lowest BCUT2D eigenvalue weighted by atomic mass is 9.96. The Kier molecular flexibility index (Phi) is 5.76. The van der Waals surface area contributed by atoms with Crippen molar-refractivity contribution in [1.29, 1.82) is 0 Å². The topological polar surface area (TPSA) is 224 Å². The van der Waals surface area contributed by atoms with Gasteiger partial charge in [0.05, 0.1) is 6.61 Å². The lowest BCUT2D eigenvalue weighted by Gasteiger charge is -2.27. The van der Waals surface area contributed by atoms with Gasteiger partial charge in [-0.15, -0.1) is 0 Å². The molecule has 148 valence electrons. The Morgan fingerprint density at radius 3 is 2.58 bits per heavy atom. The summed E-state index contributed by atoms with van der Waals surface area (Å²) in [5, 5.41) is 20.6. The van der Waals surface area contributed by atoms with Crippen molar-refractivity contribution in [1.82, 2.24) is 9.55 Å². The number of nitrogens with zero attached hydrogens (tertiary/aromatic N) is 2. The van der Waals surface area contributed by atoms with Gasteiger partial charge in [0, 0.05) is 6.20 Å². The zero-order valence-corrected chi connectivity index (χ0v) is 14.9. The minimum Gasteiger partial charge on any atom is -0.387 e. The molecule has 1 saturated heterocycles. The number of nitrogens with two attached hydrogens (primary N) is 1. The van der Waals surface area contributed by atoms with Crippen LogP contribution in [-0.4, -0.2) is 58.9 Å². The molecule has 5 atom stereocenters. The van der Waals surface area contributed by atoms with Crippen LogP contribution in [0.3, 0.4) is 0 Å². The fourth-order valence-electron chi connectivity index (χ4n) is 2.31. The number of aromatic nitrogens is 2. The summed E-state index contributed by atoms with van der Waals surface area (Å²) in [6.45, 7) is 0.245. The summed E-state index contributed by atoms with van der Waals surface area (Å²) in [5.74, 6) is -0.0832. The minimum absolute atomic E-state index is 0.0832. The molecule has 14 nitrogen and oxygen atoms in total. The second-order valence-electron chi connectivity index (χ2n) is 5.58. The van der Waals surface area contributed by atoms with Crippen molar-refractivity contribution in [3.8, 4) is 0 Å². The van der Waals surface area contributed by atoms with Crippen LogP contribution in [0, 0.1) is 0 Å². The number of hydrogen-bond acceptors (Lipinski definition) is 10. The SMILES string of the molecule is CC1(O)C(O)C(COP(=O)(O)OP(=O)(O)O)OC1n1ccc(N)nc1=O. The highest BCUT2D eigenvalue weighted by Gasteiger charge is 2.54. The highest BCUT2D eigenvalue weighted by atomic mass is 31.3. The first-order valence-corrected chi connectivity index (χ1v) is 9.90. The Morgan fingerprint density at radius 1 is 1.42 bits per heavy atom. The molecule has 7 N–H and O–H groups in total. The number of phosphoric ester groups is 1. The van der Waals surface area contributed by atoms with Crippen LogP contribution >= 0.6 is 15.6 Å². The number of rotatable bonds is 6. The van der Waals surface area contributed by atoms with Gasteiger partial charge in [-0.1, -0.05) is 0 Å². The monoisotopic (exact) mass is 417 g/mol. The molecule has 26 heavy (non-hydrogen) atoms. The average Bonchev–Trinajstić information content (AvgIpc) is 2.66. The van der Waals surface area contributed by atoms with Gasteiger partial charge in [0.25, 0.3) is 0 Å². The van der Waals surface area contributed by atoms with E-state index < -0.39 is 52.0 Å². The summed E-state index contributed by atoms with van der Waals surface area (Å²) in [7, 11) is -10.5. The molecule has 16 heteroatoms. The number of ether oxygens (including phenoxy) is 1. The van der Waals surface area contributed by atoms with Gasteiger partial charge >= 0.3 is 21.3 Å². The molecule has 1 fully saturated rings. The summed E-state index contributed by atoms with van der Waals surface area (Å²) < 4.78 is 36.1. The second-order valence-corrected chi connectivity index (χ2v) is 8.41. The Labute approximate surface area is 145 Å². The first kappa shape index (κ1) is 21.1. The summed E-state index contributed by atoms with van der Waals surface area (Å²) in [6.07, 6.45) is -3.44. The van der Waals surface area contributed by atoms with E-state index in [1.54, 1.807) is 0 Å². The van der Waals surface area contributed by atoms with Crippen LogP contribution in [-0.2, 0) is 22.7 Å². The van der Waals surface area contributed by atoms with Crippen LogP contribution in [0.4, 0.5) is 5.82 Å². The van der Waals surface area contributed by atoms with E-state index >= 15 is 0 Å². The maximum Gasteiger partial charge on any atom is 0.481 e. The van der Waals surface area contributed by atoms with Crippen molar-refractivity contribution < 1.29 is 47.6 Å². The first-order valence-electron chi connectivity index (χ1n) is 6.88. The minimum atomic E-state index is -5.32. The van der Waals surface area contributed by atoms with Crippen molar-refractivity contribution in [3.63, 3.8) is 0 Å². The molecule has 1 aliphatic heterocycles. The van der Waals surface area contributed by atoms with Crippen molar-refractivity contribution in [2.75, 3.05) is 12.3 Å². The van der Waals surface area contributed by atoms with Crippen LogP contribution in [0.2, 0.25) is 0 Å². The molecular formula is C10H17N3O11P2. The number of hydrogen-bond donors (Lipinski definition) is 6. The van der Waals surface area contributed by atoms with Gasteiger partial charge in [0.1, 0.15) is 23.6 Å². The van der Waals surface area contributed by atoms with Crippen LogP contribution in [0.25, 0.3) is 0 Å². The average molecular weight is 417 g/mol. The highest BCUT2D eigenvalue weighted by molar-refractivity contribution is 7.60. The van der Waals surface area contributed by atoms with E-state index in [0.29, 0.717) is 0 Å². The third-order valence-electron chi connectivity index (χ3n) is 3.47. The third kappa shape index (κ3) is 4.75. The van der Waals surface area contributed by atoms with Crippen LogP contribution in [0.15, 0.2) is 17.1 Å². The molecule has 0 radical (unpaired) electrons. The van der Waals surface area contributed by atoms with Crippen molar-refractivity contribution in [3.05, 3.63) is 22.7 Å². The van der Waals surface area contributed by atoms with E-state index in [1.807, 2.05) is 0 Å². The summed E-state index contributed by atoms with van der Waals surface area (Å²) >= 11 is 0. The van der Waals surface area contributed by atoms with Crippen LogP contribution in [0.5, 0.6) is 0 Å². The van der Waals surface area contributed by atoms with Gasteiger partial charge in [-0.25, -0.2) is 13.9 Å². The lowest BCUT2D eigenvalue weighted by molar-refractivity contribution is -0.0985. The molecular weight excluding hydrogens is 400 g/mol. The predicted molar refractivity (Wildman–Crippen MR) is 82.4 cm³/mol.